The minimum absolute atomic E-state index is 0. The third-order valence-corrected chi connectivity index (χ3v) is 6.44. The molecule has 192 valence electrons. The fourth-order valence-electron chi connectivity index (χ4n) is 3.11. The van der Waals surface area contributed by atoms with Gasteiger partial charge in [-0.15, -0.1) is 5.11 Å². The molecule has 4 rings (SSSR count). The Morgan fingerprint density at radius 1 is 0.923 bits per heavy atom. The minimum atomic E-state index is -4.59. The molecule has 0 bridgehead atoms. The molecule has 0 aliphatic heterocycles. The summed E-state index contributed by atoms with van der Waals surface area (Å²) in [6.45, 7) is 0.142. The van der Waals surface area contributed by atoms with Gasteiger partial charge in [0.2, 0.25) is 10.6 Å². The molecular formula is C21H13Cl2N5Na2O7S2. The van der Waals surface area contributed by atoms with Gasteiger partial charge in [0.15, 0.2) is 0 Å². The molecule has 4 aromatic rings. The van der Waals surface area contributed by atoms with Crippen LogP contribution >= 0.6 is 35.2 Å². The van der Waals surface area contributed by atoms with Gasteiger partial charge in [-0.05, 0) is 71.1 Å². The Bertz CT molecular complexity index is 1550. The van der Waals surface area contributed by atoms with E-state index < -0.39 is 10.1 Å². The second-order valence-electron chi connectivity index (χ2n) is 7.05. The van der Waals surface area contributed by atoms with E-state index in [2.05, 4.69) is 34.6 Å². The van der Waals surface area contributed by atoms with Gasteiger partial charge < -0.3 is 14.5 Å². The van der Waals surface area contributed by atoms with Gasteiger partial charge in [0, 0.05) is 16.7 Å². The maximum Gasteiger partial charge on any atom is 1.00 e. The van der Waals surface area contributed by atoms with E-state index in [-0.39, 0.29) is 87.6 Å². The Balaban J connectivity index is 0.00000267. The summed E-state index contributed by atoms with van der Waals surface area (Å²) in [6, 6.07) is 13.6. The molecule has 0 aliphatic carbocycles. The molecular weight excluding hydrogens is 615 g/mol. The number of nitrogens with zero attached hydrogens (tertiary/aromatic N) is 5. The Hall–Kier alpha value is -0.950. The first-order valence-corrected chi connectivity index (χ1v) is 13.0. The predicted octanol–water partition coefficient (Wildman–Crippen LogP) is -1.49. The van der Waals surface area contributed by atoms with Gasteiger partial charge in [-0.2, -0.15) is 14.4 Å². The van der Waals surface area contributed by atoms with Crippen LogP contribution in [0.4, 0.5) is 11.4 Å². The third-order valence-electron chi connectivity index (χ3n) is 4.69. The van der Waals surface area contributed by atoms with Gasteiger partial charge in [-0.3, -0.25) is 5.04 Å². The molecule has 1 heterocycles. The molecule has 0 saturated heterocycles. The second kappa shape index (κ2) is 15.9. The zero-order chi connectivity index (χ0) is 26.4. The van der Waals surface area contributed by atoms with Gasteiger partial charge in [0.25, 0.3) is 0 Å². The molecule has 39 heavy (non-hydrogen) atoms. The average Bonchev–Trinajstić information content (AvgIpc) is 2.85. The van der Waals surface area contributed by atoms with Crippen molar-refractivity contribution in [3.05, 3.63) is 71.0 Å². The zero-order valence-electron chi connectivity index (χ0n) is 20.3. The summed E-state index contributed by atoms with van der Waals surface area (Å²) in [7, 11) is -4.59. The molecule has 0 atom stereocenters. The average molecular weight is 628 g/mol. The van der Waals surface area contributed by atoms with Crippen molar-refractivity contribution in [3.8, 4) is 5.75 Å². The Morgan fingerprint density at radius 2 is 1.62 bits per heavy atom. The number of rotatable bonds is 10. The molecule has 0 aliphatic rings. The minimum Gasteiger partial charge on any atom is -0.744 e. The van der Waals surface area contributed by atoms with Crippen LogP contribution in [0.15, 0.2) is 74.6 Å². The monoisotopic (exact) mass is 627 g/mol. The van der Waals surface area contributed by atoms with Crippen LogP contribution < -0.4 is 69.1 Å². The van der Waals surface area contributed by atoms with Crippen LogP contribution in [0.5, 0.6) is 5.75 Å². The summed E-state index contributed by atoms with van der Waals surface area (Å²) >= 11 is 12.4. The van der Waals surface area contributed by atoms with Crippen molar-refractivity contribution >= 4 is 67.5 Å². The molecule has 0 amide bonds. The fraction of sp³-hybridized carbons (Fsp3) is 0.0952. The van der Waals surface area contributed by atoms with Crippen LogP contribution in [-0.4, -0.2) is 34.5 Å². The number of aromatic nitrogens is 3. The van der Waals surface area contributed by atoms with E-state index in [0.29, 0.717) is 33.2 Å². The number of benzene rings is 3. The van der Waals surface area contributed by atoms with Gasteiger partial charge in [0.1, 0.15) is 27.4 Å². The Kier molecular flexibility index (Phi) is 14.0. The normalized spacial score (nSPS) is 11.3. The SMILES string of the molecule is O=S(=O)([O-])c1ccc(N=Nc2c(OCCc3nc(Cl)nc(Cl)n3)ccc3cc(SOO[O-])ccc23)cc1.[Na+].[Na+]. The predicted molar refractivity (Wildman–Crippen MR) is 130 cm³/mol. The summed E-state index contributed by atoms with van der Waals surface area (Å²) in [5.41, 5.74) is 0.667. The summed E-state index contributed by atoms with van der Waals surface area (Å²) in [5, 5.41) is 23.3. The van der Waals surface area contributed by atoms with E-state index in [0.717, 1.165) is 29.6 Å². The van der Waals surface area contributed by atoms with Crippen LogP contribution in [0, 0.1) is 0 Å². The largest absolute Gasteiger partial charge is 1.00 e. The van der Waals surface area contributed by atoms with Crippen molar-refractivity contribution in [2.75, 3.05) is 6.61 Å². The van der Waals surface area contributed by atoms with E-state index in [4.69, 9.17) is 27.9 Å². The van der Waals surface area contributed by atoms with E-state index in [1.165, 1.54) is 12.1 Å². The maximum atomic E-state index is 11.2. The van der Waals surface area contributed by atoms with Crippen LogP contribution in [0.25, 0.3) is 10.8 Å². The molecule has 0 spiro atoms. The molecule has 0 radical (unpaired) electrons. The summed E-state index contributed by atoms with van der Waals surface area (Å²) in [4.78, 5) is 11.9. The van der Waals surface area contributed by atoms with E-state index in [1.807, 2.05) is 0 Å². The van der Waals surface area contributed by atoms with Crippen molar-refractivity contribution in [3.63, 3.8) is 0 Å². The quantitative estimate of drug-likeness (QED) is 0.0501. The smallest absolute Gasteiger partial charge is 0.744 e. The number of fused-ring (bicyclic) bond motifs is 1. The van der Waals surface area contributed by atoms with Crippen molar-refractivity contribution in [1.29, 1.82) is 0 Å². The van der Waals surface area contributed by atoms with Crippen LogP contribution in [0.1, 0.15) is 5.82 Å². The second-order valence-corrected chi connectivity index (χ2v) is 9.88. The Labute approximate surface area is 280 Å². The molecule has 3 aromatic carbocycles. The summed E-state index contributed by atoms with van der Waals surface area (Å²) in [5.74, 6) is 0.713. The first-order valence-electron chi connectivity index (χ1n) is 10.1. The maximum absolute atomic E-state index is 11.2. The standard InChI is InChI=1S/C21H15Cl2N5O7S2.2Na/c22-20-24-18(25-21(23)26-20)9-10-33-17-8-1-12-11-14(36-35-34-29)4-7-16(12)19(17)28-27-13-2-5-15(6-3-13)37(30,31)32;;/h1-8,11,29H,9-10H2,(H,30,31,32);;/q;2*+1/p-2. The first kappa shape index (κ1) is 34.3. The number of hydrogen-bond donors (Lipinski definition) is 0. The number of azo groups is 1. The van der Waals surface area contributed by atoms with Crippen molar-refractivity contribution < 1.29 is 91.5 Å². The zero-order valence-corrected chi connectivity index (χ0v) is 27.4. The van der Waals surface area contributed by atoms with Crippen LogP contribution in [-0.2, 0) is 25.9 Å². The number of halogens is 2. The van der Waals surface area contributed by atoms with Crippen LogP contribution in [0.3, 0.4) is 0 Å². The van der Waals surface area contributed by atoms with Gasteiger partial charge >= 0.3 is 59.1 Å². The topological polar surface area (TPSA) is 171 Å². The summed E-state index contributed by atoms with van der Waals surface area (Å²) < 4.78 is 43.8. The molecule has 0 fully saturated rings. The fourth-order valence-corrected chi connectivity index (χ4v) is 4.38. The van der Waals surface area contributed by atoms with E-state index >= 15 is 0 Å². The molecule has 12 nitrogen and oxygen atoms in total. The van der Waals surface area contributed by atoms with Crippen molar-refractivity contribution in [2.24, 2.45) is 10.2 Å². The van der Waals surface area contributed by atoms with E-state index in [1.54, 1.807) is 30.3 Å². The molecule has 0 unspecified atom stereocenters. The number of hydrogen-bond acceptors (Lipinski definition) is 13. The molecule has 0 saturated carbocycles. The number of ether oxygens (including phenoxy) is 1. The van der Waals surface area contributed by atoms with E-state index in [9.17, 15) is 18.2 Å². The summed E-state index contributed by atoms with van der Waals surface area (Å²) in [6.07, 6.45) is 0.268. The van der Waals surface area contributed by atoms with Crippen molar-refractivity contribution in [1.82, 2.24) is 15.0 Å². The first-order chi connectivity index (χ1) is 17.7. The molecule has 0 N–H and O–H groups in total. The van der Waals surface area contributed by atoms with Gasteiger partial charge in [-0.25, -0.2) is 18.4 Å². The Morgan fingerprint density at radius 3 is 2.26 bits per heavy atom. The molecule has 18 heteroatoms. The van der Waals surface area contributed by atoms with Gasteiger partial charge in [-0.1, -0.05) is 12.1 Å². The van der Waals surface area contributed by atoms with Crippen LogP contribution in [0.2, 0.25) is 10.6 Å². The third kappa shape index (κ3) is 9.83. The van der Waals surface area contributed by atoms with Crippen molar-refractivity contribution in [2.45, 2.75) is 16.2 Å². The molecule has 1 aromatic heterocycles. The van der Waals surface area contributed by atoms with Gasteiger partial charge in [0.05, 0.1) is 29.2 Å².